The average molecular weight is 432 g/mol. The van der Waals surface area contributed by atoms with Crippen molar-refractivity contribution in [2.75, 3.05) is 13.2 Å². The maximum absolute atomic E-state index is 12.6. The van der Waals surface area contributed by atoms with Gasteiger partial charge in [0.1, 0.15) is 18.1 Å². The Morgan fingerprint density at radius 2 is 1.37 bits per heavy atom. The molecule has 0 aliphatic rings. The lowest BCUT2D eigenvalue weighted by Gasteiger charge is -2.25. The zero-order chi connectivity index (χ0) is 23.4. The number of amides is 3. The largest absolute Gasteiger partial charge is 0.480 e. The molecule has 4 atom stereocenters. The summed E-state index contributed by atoms with van der Waals surface area (Å²) in [6, 6.07) is -4.33. The van der Waals surface area contributed by atoms with Crippen LogP contribution in [0.2, 0.25) is 0 Å². The molecule has 0 spiro atoms. The Hall–Kier alpha value is -2.24. The summed E-state index contributed by atoms with van der Waals surface area (Å²) in [4.78, 5) is 48.7. The van der Waals surface area contributed by atoms with Gasteiger partial charge in [0.05, 0.1) is 12.6 Å². The lowest BCUT2D eigenvalue weighted by molar-refractivity contribution is -0.143. The number of carboxylic acids is 1. The highest BCUT2D eigenvalue weighted by atomic mass is 16.4. The smallest absolute Gasteiger partial charge is 0.326 e. The maximum atomic E-state index is 12.6. The van der Waals surface area contributed by atoms with Crippen LogP contribution >= 0.6 is 0 Å². The number of aliphatic hydroxyl groups excluding tert-OH is 1. The molecule has 0 radical (unpaired) electrons. The van der Waals surface area contributed by atoms with E-state index in [-0.39, 0.29) is 18.3 Å². The normalized spacial score (nSPS) is 15.2. The van der Waals surface area contributed by atoms with E-state index < -0.39 is 54.5 Å². The summed E-state index contributed by atoms with van der Waals surface area (Å²) in [6.45, 7) is 6.48. The van der Waals surface area contributed by atoms with E-state index in [4.69, 9.17) is 11.5 Å². The number of carbonyl (C=O) groups excluding carboxylic acids is 3. The van der Waals surface area contributed by atoms with E-state index in [9.17, 15) is 29.4 Å². The Kier molecular flexibility index (Phi) is 12.8. The summed E-state index contributed by atoms with van der Waals surface area (Å²) < 4.78 is 0. The predicted octanol–water partition coefficient (Wildman–Crippen LogP) is -1.71. The van der Waals surface area contributed by atoms with E-state index in [1.54, 1.807) is 27.7 Å². The highest BCUT2D eigenvalue weighted by Crippen LogP contribution is 2.06. The summed E-state index contributed by atoms with van der Waals surface area (Å²) in [5, 5.41) is 26.1. The summed E-state index contributed by atoms with van der Waals surface area (Å²) >= 11 is 0. The number of nitrogens with one attached hydrogen (secondary N) is 3. The van der Waals surface area contributed by atoms with Crippen molar-refractivity contribution in [3.63, 3.8) is 0 Å². The fraction of sp³-hybridized carbons (Fsp3) is 0.789. The number of carboxylic acid groups (broad SMARTS) is 1. The van der Waals surface area contributed by atoms with Gasteiger partial charge in [-0.15, -0.1) is 0 Å². The topological polar surface area (TPSA) is 197 Å². The van der Waals surface area contributed by atoms with Crippen LogP contribution in [0, 0.1) is 11.8 Å². The van der Waals surface area contributed by atoms with Crippen molar-refractivity contribution in [2.45, 2.75) is 71.1 Å². The van der Waals surface area contributed by atoms with Crippen molar-refractivity contribution < 1.29 is 29.4 Å². The molecule has 30 heavy (non-hydrogen) atoms. The van der Waals surface area contributed by atoms with E-state index in [1.165, 1.54) is 0 Å². The molecule has 11 heteroatoms. The number of unbranched alkanes of at least 4 members (excludes halogenated alkanes) is 1. The third-order valence-electron chi connectivity index (χ3n) is 4.65. The minimum absolute atomic E-state index is 0.175. The van der Waals surface area contributed by atoms with Crippen LogP contribution in [0.1, 0.15) is 47.0 Å². The van der Waals surface area contributed by atoms with Crippen LogP contribution < -0.4 is 27.4 Å². The second-order valence-corrected chi connectivity index (χ2v) is 7.93. The molecule has 0 bridgehead atoms. The molecule has 11 nitrogen and oxygen atoms in total. The van der Waals surface area contributed by atoms with Crippen molar-refractivity contribution in [2.24, 2.45) is 23.3 Å². The Bertz CT molecular complexity index is 584. The number of nitrogens with two attached hydrogens (primary N) is 2. The van der Waals surface area contributed by atoms with E-state index in [0.717, 1.165) is 0 Å². The van der Waals surface area contributed by atoms with Crippen molar-refractivity contribution in [1.82, 2.24) is 16.0 Å². The van der Waals surface area contributed by atoms with Crippen LogP contribution in [0.3, 0.4) is 0 Å². The first-order valence-electron chi connectivity index (χ1n) is 10.2. The number of aliphatic hydroxyl groups is 1. The Balaban J connectivity index is 5.27. The molecular formula is C19H37N5O6. The van der Waals surface area contributed by atoms with E-state index in [2.05, 4.69) is 16.0 Å². The Morgan fingerprint density at radius 3 is 1.80 bits per heavy atom. The monoisotopic (exact) mass is 431 g/mol. The highest BCUT2D eigenvalue weighted by molar-refractivity contribution is 5.94. The molecule has 0 aromatic rings. The summed E-state index contributed by atoms with van der Waals surface area (Å²) in [6.07, 6.45) is 1.34. The van der Waals surface area contributed by atoms with Crippen LogP contribution in [0.5, 0.6) is 0 Å². The zero-order valence-corrected chi connectivity index (χ0v) is 18.2. The van der Waals surface area contributed by atoms with Crippen molar-refractivity contribution in [3.05, 3.63) is 0 Å². The van der Waals surface area contributed by atoms with Crippen LogP contribution in [-0.4, -0.2) is 71.2 Å². The SMILES string of the molecule is CC(C)C(N)C(=O)NC(CO)C(=O)NC(CCCCN)C(=O)NC(C(=O)O)C(C)C. The van der Waals surface area contributed by atoms with E-state index in [1.807, 2.05) is 0 Å². The molecule has 9 N–H and O–H groups in total. The molecule has 0 aliphatic heterocycles. The first-order chi connectivity index (χ1) is 14.0. The first-order valence-corrected chi connectivity index (χ1v) is 10.2. The molecule has 0 fully saturated rings. The van der Waals surface area contributed by atoms with Gasteiger partial charge in [-0.25, -0.2) is 4.79 Å². The van der Waals surface area contributed by atoms with Gasteiger partial charge in [0.2, 0.25) is 17.7 Å². The molecule has 3 amide bonds. The molecule has 4 unspecified atom stereocenters. The number of carbonyl (C=O) groups is 4. The third-order valence-corrected chi connectivity index (χ3v) is 4.65. The molecule has 0 saturated heterocycles. The number of hydrogen-bond donors (Lipinski definition) is 7. The molecule has 0 aromatic carbocycles. The minimum atomic E-state index is -1.30. The molecule has 0 aliphatic carbocycles. The second kappa shape index (κ2) is 13.9. The van der Waals surface area contributed by atoms with E-state index in [0.29, 0.717) is 19.4 Å². The van der Waals surface area contributed by atoms with Crippen molar-refractivity contribution in [1.29, 1.82) is 0 Å². The number of rotatable bonds is 14. The van der Waals surface area contributed by atoms with Crippen LogP contribution in [0.25, 0.3) is 0 Å². The van der Waals surface area contributed by atoms with Gasteiger partial charge in [0.25, 0.3) is 0 Å². The number of aliphatic carboxylic acids is 1. The Labute approximate surface area is 177 Å². The van der Waals surface area contributed by atoms with Gasteiger partial charge in [0, 0.05) is 0 Å². The molecule has 0 aromatic heterocycles. The molecular weight excluding hydrogens is 394 g/mol. The van der Waals surface area contributed by atoms with Crippen LogP contribution in [0.15, 0.2) is 0 Å². The van der Waals surface area contributed by atoms with Crippen LogP contribution in [0.4, 0.5) is 0 Å². The Morgan fingerprint density at radius 1 is 0.833 bits per heavy atom. The minimum Gasteiger partial charge on any atom is -0.480 e. The lowest BCUT2D eigenvalue weighted by Crippen LogP contribution is -2.58. The van der Waals surface area contributed by atoms with Gasteiger partial charge < -0.3 is 37.6 Å². The van der Waals surface area contributed by atoms with Crippen LogP contribution in [-0.2, 0) is 19.2 Å². The summed E-state index contributed by atoms with van der Waals surface area (Å²) in [5.41, 5.74) is 11.2. The van der Waals surface area contributed by atoms with Gasteiger partial charge >= 0.3 is 5.97 Å². The predicted molar refractivity (Wildman–Crippen MR) is 111 cm³/mol. The molecule has 0 heterocycles. The summed E-state index contributed by atoms with van der Waals surface area (Å²) in [5.74, 6) is -3.77. The third kappa shape index (κ3) is 9.51. The van der Waals surface area contributed by atoms with Gasteiger partial charge in [-0.05, 0) is 37.6 Å². The van der Waals surface area contributed by atoms with Crippen molar-refractivity contribution >= 4 is 23.7 Å². The van der Waals surface area contributed by atoms with Gasteiger partial charge in [0.15, 0.2) is 0 Å². The fourth-order valence-corrected chi connectivity index (χ4v) is 2.57. The highest BCUT2D eigenvalue weighted by Gasteiger charge is 2.31. The first kappa shape index (κ1) is 27.8. The average Bonchev–Trinajstić information content (AvgIpc) is 2.67. The number of hydrogen-bond acceptors (Lipinski definition) is 7. The van der Waals surface area contributed by atoms with Gasteiger partial charge in [-0.2, -0.15) is 0 Å². The summed E-state index contributed by atoms with van der Waals surface area (Å²) in [7, 11) is 0. The van der Waals surface area contributed by atoms with E-state index >= 15 is 0 Å². The van der Waals surface area contributed by atoms with Gasteiger partial charge in [-0.1, -0.05) is 27.7 Å². The zero-order valence-electron chi connectivity index (χ0n) is 18.2. The lowest BCUT2D eigenvalue weighted by atomic mass is 10.0. The van der Waals surface area contributed by atoms with Crippen molar-refractivity contribution in [3.8, 4) is 0 Å². The van der Waals surface area contributed by atoms with Gasteiger partial charge in [-0.3, -0.25) is 14.4 Å². The molecule has 174 valence electrons. The standard InChI is InChI=1S/C19H37N5O6/c1-10(2)14(21)18(28)23-13(9-25)17(27)22-12(7-5-6-8-20)16(26)24-15(11(3)4)19(29)30/h10-15,25H,5-9,20-21H2,1-4H3,(H,22,27)(H,23,28)(H,24,26)(H,29,30). The quantitative estimate of drug-likeness (QED) is 0.158. The fourth-order valence-electron chi connectivity index (χ4n) is 2.57. The molecule has 0 rings (SSSR count). The molecule has 0 saturated carbocycles. The maximum Gasteiger partial charge on any atom is 0.326 e. The second-order valence-electron chi connectivity index (χ2n) is 7.93.